The van der Waals surface area contributed by atoms with Crippen LogP contribution in [0.5, 0.6) is 0 Å². The van der Waals surface area contributed by atoms with Crippen molar-refractivity contribution < 1.29 is 29.4 Å². The van der Waals surface area contributed by atoms with Gasteiger partial charge in [0.15, 0.2) is 11.6 Å². The first kappa shape index (κ1) is 28.3. The van der Waals surface area contributed by atoms with Crippen molar-refractivity contribution >= 4 is 46.7 Å². The van der Waals surface area contributed by atoms with Gasteiger partial charge >= 0.3 is 11.9 Å². The van der Waals surface area contributed by atoms with Gasteiger partial charge in [0.2, 0.25) is 0 Å². The van der Waals surface area contributed by atoms with Crippen LogP contribution in [0.15, 0.2) is 84.9 Å². The molecule has 0 aliphatic rings. The molecule has 0 aromatic heterocycles. The topological polar surface area (TPSA) is 109 Å². The van der Waals surface area contributed by atoms with Gasteiger partial charge in [-0.25, -0.2) is 9.59 Å². The monoisotopic (exact) mass is 548 g/mol. The number of benzene rings is 4. The fourth-order valence-corrected chi connectivity index (χ4v) is 4.04. The number of aryl methyl sites for hydroxylation is 2. The number of aromatic carboxylic acids is 2. The van der Waals surface area contributed by atoms with E-state index in [1.807, 2.05) is 0 Å². The first-order valence-corrected chi connectivity index (χ1v) is 12.0. The van der Waals surface area contributed by atoms with Gasteiger partial charge in [0.1, 0.15) is 0 Å². The minimum atomic E-state index is -1.11. The zero-order chi connectivity index (χ0) is 28.0. The zero-order valence-electron chi connectivity index (χ0n) is 20.4. The number of carboxylic acid groups (broad SMARTS) is 2. The number of carbonyl (C=O) groups excluding carboxylic acids is 2. The summed E-state index contributed by atoms with van der Waals surface area (Å²) in [4.78, 5) is 47.2. The lowest BCUT2D eigenvalue weighted by Gasteiger charge is -2.08. The van der Waals surface area contributed by atoms with Crippen LogP contribution in [0.25, 0.3) is 0 Å². The summed E-state index contributed by atoms with van der Waals surface area (Å²) in [5, 5.41) is 19.4. The van der Waals surface area contributed by atoms with Gasteiger partial charge in [-0.3, -0.25) is 9.59 Å². The molecule has 0 aliphatic heterocycles. The standard InChI is InChI=1S/2C15H11ClO3/c1-9-3-2-4-12(15(18)19)13(9)14(17)10-5-7-11(16)8-6-10;1-9-3-2-4-12(13(9)15(18)19)14(17)10-5-7-11(16)8-6-10/h2*2-8H,1H3,(H,18,19). The molecule has 4 aromatic carbocycles. The molecule has 0 unspecified atom stereocenters. The Balaban J connectivity index is 0.000000211. The number of ketones is 2. The highest BCUT2D eigenvalue weighted by Gasteiger charge is 2.20. The minimum Gasteiger partial charge on any atom is -0.478 e. The molecule has 8 heteroatoms. The predicted molar refractivity (Wildman–Crippen MR) is 146 cm³/mol. The second-order valence-corrected chi connectivity index (χ2v) is 9.15. The van der Waals surface area contributed by atoms with Crippen molar-refractivity contribution in [3.05, 3.63) is 139 Å². The summed E-state index contributed by atoms with van der Waals surface area (Å²) in [5.74, 6) is -2.85. The SMILES string of the molecule is Cc1cccc(C(=O)O)c1C(=O)c1ccc(Cl)cc1.Cc1cccc(C(=O)c2ccc(Cl)cc2)c1C(=O)O. The van der Waals surface area contributed by atoms with E-state index in [1.165, 1.54) is 12.1 Å². The first-order chi connectivity index (χ1) is 18.0. The van der Waals surface area contributed by atoms with Crippen LogP contribution in [-0.4, -0.2) is 33.7 Å². The smallest absolute Gasteiger partial charge is 0.336 e. The summed E-state index contributed by atoms with van der Waals surface area (Å²) in [7, 11) is 0. The van der Waals surface area contributed by atoms with Crippen molar-refractivity contribution in [1.82, 2.24) is 0 Å². The highest BCUT2D eigenvalue weighted by Crippen LogP contribution is 2.21. The van der Waals surface area contributed by atoms with Gasteiger partial charge < -0.3 is 10.2 Å². The quantitative estimate of drug-likeness (QED) is 0.247. The molecule has 0 bridgehead atoms. The molecule has 4 rings (SSSR count). The molecule has 0 atom stereocenters. The second-order valence-electron chi connectivity index (χ2n) is 8.28. The number of halogens is 2. The van der Waals surface area contributed by atoms with E-state index in [9.17, 15) is 24.3 Å². The maximum Gasteiger partial charge on any atom is 0.336 e. The molecule has 0 spiro atoms. The maximum absolute atomic E-state index is 12.4. The normalized spacial score (nSPS) is 10.2. The Morgan fingerprint density at radius 2 is 0.947 bits per heavy atom. The summed E-state index contributed by atoms with van der Waals surface area (Å²) < 4.78 is 0. The molecule has 192 valence electrons. The van der Waals surface area contributed by atoms with Crippen molar-refractivity contribution in [2.24, 2.45) is 0 Å². The molecule has 0 heterocycles. The van der Waals surface area contributed by atoms with E-state index < -0.39 is 11.9 Å². The molecule has 0 saturated heterocycles. The van der Waals surface area contributed by atoms with Crippen LogP contribution in [0.1, 0.15) is 63.7 Å². The molecule has 0 aliphatic carbocycles. The average molecular weight is 549 g/mol. The molecule has 6 nitrogen and oxygen atoms in total. The highest BCUT2D eigenvalue weighted by molar-refractivity contribution is 6.31. The molecule has 0 radical (unpaired) electrons. The zero-order valence-corrected chi connectivity index (χ0v) is 21.9. The van der Waals surface area contributed by atoms with Gasteiger partial charge in [0, 0.05) is 32.3 Å². The van der Waals surface area contributed by atoms with E-state index in [2.05, 4.69) is 0 Å². The largest absolute Gasteiger partial charge is 0.478 e. The molecule has 0 saturated carbocycles. The number of hydrogen-bond acceptors (Lipinski definition) is 4. The third kappa shape index (κ3) is 6.54. The van der Waals surface area contributed by atoms with Gasteiger partial charge in [-0.15, -0.1) is 0 Å². The van der Waals surface area contributed by atoms with Crippen molar-refractivity contribution in [3.63, 3.8) is 0 Å². The molecule has 38 heavy (non-hydrogen) atoms. The number of carbonyl (C=O) groups is 4. The lowest BCUT2D eigenvalue weighted by molar-refractivity contribution is 0.0683. The van der Waals surface area contributed by atoms with Crippen molar-refractivity contribution in [1.29, 1.82) is 0 Å². The maximum atomic E-state index is 12.4. The Kier molecular flexibility index (Phi) is 9.18. The van der Waals surface area contributed by atoms with Gasteiger partial charge in [-0.1, -0.05) is 53.5 Å². The Bertz CT molecular complexity index is 1520. The molecular weight excluding hydrogens is 527 g/mol. The van der Waals surface area contributed by atoms with Crippen molar-refractivity contribution in [3.8, 4) is 0 Å². The Morgan fingerprint density at radius 1 is 0.526 bits per heavy atom. The molecule has 0 fully saturated rings. The van der Waals surface area contributed by atoms with Gasteiger partial charge in [0.25, 0.3) is 0 Å². The Morgan fingerprint density at radius 3 is 1.39 bits per heavy atom. The average Bonchev–Trinajstić information content (AvgIpc) is 2.88. The van der Waals surface area contributed by atoms with E-state index in [4.69, 9.17) is 28.3 Å². The van der Waals surface area contributed by atoms with E-state index in [-0.39, 0.29) is 33.8 Å². The van der Waals surface area contributed by atoms with E-state index in [0.29, 0.717) is 32.3 Å². The third-order valence-electron chi connectivity index (χ3n) is 5.67. The highest BCUT2D eigenvalue weighted by atomic mass is 35.5. The van der Waals surface area contributed by atoms with E-state index in [1.54, 1.807) is 86.6 Å². The summed E-state index contributed by atoms with van der Waals surface area (Å²) >= 11 is 11.5. The summed E-state index contributed by atoms with van der Waals surface area (Å²) in [6, 6.07) is 22.4. The minimum absolute atomic E-state index is 0.0138. The second kappa shape index (κ2) is 12.3. The van der Waals surface area contributed by atoms with Crippen LogP contribution in [0, 0.1) is 13.8 Å². The summed E-state index contributed by atoms with van der Waals surface area (Å²) in [6.45, 7) is 3.39. The number of carboxylic acids is 2. The fraction of sp³-hybridized carbons (Fsp3) is 0.0667. The van der Waals surface area contributed by atoms with Crippen LogP contribution >= 0.6 is 23.2 Å². The Labute approximate surface area is 229 Å². The van der Waals surface area contributed by atoms with Gasteiger partial charge in [-0.05, 0) is 79.6 Å². The molecule has 0 amide bonds. The van der Waals surface area contributed by atoms with Crippen LogP contribution in [0.2, 0.25) is 10.0 Å². The summed E-state index contributed by atoms with van der Waals surface area (Å²) in [6.07, 6.45) is 0. The van der Waals surface area contributed by atoms with E-state index >= 15 is 0 Å². The van der Waals surface area contributed by atoms with Crippen LogP contribution in [0.3, 0.4) is 0 Å². The first-order valence-electron chi connectivity index (χ1n) is 11.3. The summed E-state index contributed by atoms with van der Waals surface area (Å²) in [5.41, 5.74) is 2.50. The van der Waals surface area contributed by atoms with Crippen molar-refractivity contribution in [2.75, 3.05) is 0 Å². The Hall–Kier alpha value is -4.26. The van der Waals surface area contributed by atoms with Gasteiger partial charge in [0.05, 0.1) is 11.1 Å². The van der Waals surface area contributed by atoms with E-state index in [0.717, 1.165) is 0 Å². The predicted octanol–water partition coefficient (Wildman–Crippen LogP) is 7.16. The molecular formula is C30H22Cl2O6. The lowest BCUT2D eigenvalue weighted by Crippen LogP contribution is -2.11. The van der Waals surface area contributed by atoms with Crippen LogP contribution in [-0.2, 0) is 0 Å². The number of rotatable bonds is 6. The molecule has 4 aromatic rings. The van der Waals surface area contributed by atoms with Gasteiger partial charge in [-0.2, -0.15) is 0 Å². The van der Waals surface area contributed by atoms with Crippen LogP contribution < -0.4 is 0 Å². The van der Waals surface area contributed by atoms with Crippen molar-refractivity contribution in [2.45, 2.75) is 13.8 Å². The lowest BCUT2D eigenvalue weighted by atomic mass is 9.94. The molecule has 2 N–H and O–H groups in total. The number of hydrogen-bond donors (Lipinski definition) is 2. The third-order valence-corrected chi connectivity index (χ3v) is 6.18. The fourth-order valence-electron chi connectivity index (χ4n) is 3.79. The van der Waals surface area contributed by atoms with Crippen LogP contribution in [0.4, 0.5) is 0 Å².